The first-order chi connectivity index (χ1) is 19.3. The fourth-order valence-electron chi connectivity index (χ4n) is 4.88. The summed E-state index contributed by atoms with van der Waals surface area (Å²) in [6, 6.07) is 23.4. The van der Waals surface area contributed by atoms with Gasteiger partial charge in [-0.15, -0.1) is 0 Å². The number of carbonyl (C=O) groups excluding carboxylic acids is 2. The van der Waals surface area contributed by atoms with Gasteiger partial charge >= 0.3 is 0 Å². The van der Waals surface area contributed by atoms with Crippen molar-refractivity contribution in [3.8, 4) is 5.75 Å². The minimum Gasteiger partial charge on any atom is -0.494 e. The van der Waals surface area contributed by atoms with Crippen molar-refractivity contribution in [1.82, 2.24) is 10.2 Å². The van der Waals surface area contributed by atoms with Crippen LogP contribution in [-0.2, 0) is 26.2 Å². The number of nitrogens with one attached hydrogen (secondary N) is 1. The molecule has 2 amide bonds. The van der Waals surface area contributed by atoms with E-state index in [1.165, 1.54) is 17.0 Å². The molecule has 0 aromatic heterocycles. The Kier molecular flexibility index (Phi) is 9.82. The molecule has 1 fully saturated rings. The lowest BCUT2D eigenvalue weighted by Crippen LogP contribution is -2.52. The van der Waals surface area contributed by atoms with Crippen LogP contribution in [0, 0.1) is 0 Å². The molecule has 9 heteroatoms. The Morgan fingerprint density at radius 3 is 2.12 bits per heavy atom. The quantitative estimate of drug-likeness (QED) is 0.343. The Bertz CT molecular complexity index is 1360. The number of hydrogen-bond donors (Lipinski definition) is 1. The second-order valence-corrected chi connectivity index (χ2v) is 11.8. The highest BCUT2D eigenvalue weighted by Crippen LogP contribution is 2.26. The summed E-state index contributed by atoms with van der Waals surface area (Å²) < 4.78 is 34.3. The molecular formula is C31H37N3O5S. The second-order valence-electron chi connectivity index (χ2n) is 9.92. The smallest absolute Gasteiger partial charge is 0.264 e. The van der Waals surface area contributed by atoms with Gasteiger partial charge in [-0.05, 0) is 68.7 Å². The number of rotatable bonds is 12. The van der Waals surface area contributed by atoms with Gasteiger partial charge < -0.3 is 15.0 Å². The van der Waals surface area contributed by atoms with Gasteiger partial charge in [0.2, 0.25) is 11.8 Å². The summed E-state index contributed by atoms with van der Waals surface area (Å²) in [4.78, 5) is 28.7. The largest absolute Gasteiger partial charge is 0.494 e. The van der Waals surface area contributed by atoms with Crippen LogP contribution in [0.5, 0.6) is 5.75 Å². The minimum atomic E-state index is -4.12. The Balaban J connectivity index is 1.64. The molecule has 0 saturated heterocycles. The molecule has 3 aromatic rings. The summed E-state index contributed by atoms with van der Waals surface area (Å²) in [5, 5.41) is 3.08. The molecule has 0 spiro atoms. The minimum absolute atomic E-state index is 0.0363. The monoisotopic (exact) mass is 563 g/mol. The standard InChI is InChI=1S/C31H37N3O5S/c1-3-39-28-18-20-29(21-19-28)40(37,38)34(27-16-8-5-9-17-27)23-30(35)33(22-25-12-6-4-7-13-25)24(2)31(36)32-26-14-10-11-15-26/h4-9,12-13,16-21,24,26H,3,10-11,14-15,22-23H2,1-2H3,(H,32,36)/t24-/m0/s1. The van der Waals surface area contributed by atoms with E-state index in [-0.39, 0.29) is 23.4 Å². The normalized spacial score (nSPS) is 14.3. The van der Waals surface area contributed by atoms with Gasteiger partial charge in [-0.25, -0.2) is 8.42 Å². The molecule has 212 valence electrons. The van der Waals surface area contributed by atoms with Crippen LogP contribution in [0.4, 0.5) is 5.69 Å². The number of benzene rings is 3. The first kappa shape index (κ1) is 29.1. The summed E-state index contributed by atoms with van der Waals surface area (Å²) in [7, 11) is -4.12. The van der Waals surface area contributed by atoms with E-state index in [0.717, 1.165) is 35.6 Å². The van der Waals surface area contributed by atoms with Crippen molar-refractivity contribution in [3.05, 3.63) is 90.5 Å². The molecule has 0 aliphatic heterocycles. The van der Waals surface area contributed by atoms with Crippen molar-refractivity contribution in [2.45, 2.75) is 63.1 Å². The topological polar surface area (TPSA) is 96.0 Å². The lowest BCUT2D eigenvalue weighted by atomic mass is 10.1. The maximum atomic E-state index is 14.0. The molecule has 3 aromatic carbocycles. The summed E-state index contributed by atoms with van der Waals surface area (Å²) in [6.07, 6.45) is 3.99. The van der Waals surface area contributed by atoms with Crippen LogP contribution >= 0.6 is 0 Å². The zero-order chi connectivity index (χ0) is 28.5. The number of nitrogens with zero attached hydrogens (tertiary/aromatic N) is 2. The zero-order valence-electron chi connectivity index (χ0n) is 23.0. The van der Waals surface area contributed by atoms with Crippen LogP contribution in [-0.4, -0.2) is 50.4 Å². The van der Waals surface area contributed by atoms with Gasteiger partial charge in [-0.1, -0.05) is 61.4 Å². The lowest BCUT2D eigenvalue weighted by molar-refractivity contribution is -0.139. The molecule has 0 radical (unpaired) electrons. The molecule has 0 unspecified atom stereocenters. The maximum absolute atomic E-state index is 14.0. The Morgan fingerprint density at radius 2 is 1.52 bits per heavy atom. The second kappa shape index (κ2) is 13.5. The highest BCUT2D eigenvalue weighted by molar-refractivity contribution is 7.92. The molecule has 1 aliphatic carbocycles. The first-order valence-electron chi connectivity index (χ1n) is 13.7. The summed E-state index contributed by atoms with van der Waals surface area (Å²) in [5.41, 5.74) is 1.20. The van der Waals surface area contributed by atoms with Crippen LogP contribution in [0.1, 0.15) is 45.1 Å². The van der Waals surface area contributed by atoms with Gasteiger partial charge in [-0.2, -0.15) is 0 Å². The Morgan fingerprint density at radius 1 is 0.925 bits per heavy atom. The van der Waals surface area contributed by atoms with Gasteiger partial charge in [0.1, 0.15) is 18.3 Å². The molecule has 1 N–H and O–H groups in total. The van der Waals surface area contributed by atoms with E-state index in [1.54, 1.807) is 49.4 Å². The fourth-order valence-corrected chi connectivity index (χ4v) is 6.29. The first-order valence-corrected chi connectivity index (χ1v) is 15.2. The summed E-state index contributed by atoms with van der Waals surface area (Å²) in [6.45, 7) is 3.71. The van der Waals surface area contributed by atoms with Crippen molar-refractivity contribution in [2.24, 2.45) is 0 Å². The van der Waals surface area contributed by atoms with Crippen molar-refractivity contribution in [2.75, 3.05) is 17.5 Å². The average molecular weight is 564 g/mol. The zero-order valence-corrected chi connectivity index (χ0v) is 23.8. The van der Waals surface area contributed by atoms with Gasteiger partial charge in [0, 0.05) is 12.6 Å². The molecule has 1 atom stereocenters. The molecular weight excluding hydrogens is 526 g/mol. The number of carbonyl (C=O) groups is 2. The fraction of sp³-hybridized carbons (Fsp3) is 0.355. The van der Waals surface area contributed by atoms with Crippen molar-refractivity contribution < 1.29 is 22.7 Å². The van der Waals surface area contributed by atoms with Crippen LogP contribution < -0.4 is 14.4 Å². The summed E-state index contributed by atoms with van der Waals surface area (Å²) in [5.74, 6) is -0.159. The van der Waals surface area contributed by atoms with E-state index in [0.29, 0.717) is 18.0 Å². The van der Waals surface area contributed by atoms with E-state index in [4.69, 9.17) is 4.74 Å². The van der Waals surface area contributed by atoms with Gasteiger partial charge in [0.15, 0.2) is 0 Å². The highest BCUT2D eigenvalue weighted by Gasteiger charge is 2.33. The third kappa shape index (κ3) is 7.21. The molecule has 0 heterocycles. The number of hydrogen-bond acceptors (Lipinski definition) is 5. The van der Waals surface area contributed by atoms with Gasteiger partial charge in [-0.3, -0.25) is 13.9 Å². The Labute approximate surface area is 237 Å². The van der Waals surface area contributed by atoms with E-state index in [2.05, 4.69) is 5.32 Å². The van der Waals surface area contributed by atoms with Crippen LogP contribution in [0.3, 0.4) is 0 Å². The number of para-hydroxylation sites is 1. The number of amides is 2. The molecule has 8 nitrogen and oxygen atoms in total. The third-order valence-corrected chi connectivity index (χ3v) is 8.90. The van der Waals surface area contributed by atoms with Crippen LogP contribution in [0.25, 0.3) is 0 Å². The molecule has 1 aliphatic rings. The number of ether oxygens (including phenoxy) is 1. The van der Waals surface area contributed by atoms with Crippen LogP contribution in [0.2, 0.25) is 0 Å². The SMILES string of the molecule is CCOc1ccc(S(=O)(=O)N(CC(=O)N(Cc2ccccc2)[C@@H](C)C(=O)NC2CCCC2)c2ccccc2)cc1. The maximum Gasteiger partial charge on any atom is 0.264 e. The third-order valence-electron chi connectivity index (χ3n) is 7.11. The van der Waals surface area contributed by atoms with Crippen molar-refractivity contribution >= 4 is 27.5 Å². The molecule has 1 saturated carbocycles. The van der Waals surface area contributed by atoms with Crippen molar-refractivity contribution in [1.29, 1.82) is 0 Å². The lowest BCUT2D eigenvalue weighted by Gasteiger charge is -2.32. The Hall–Kier alpha value is -3.85. The molecule has 0 bridgehead atoms. The average Bonchev–Trinajstić information content (AvgIpc) is 3.48. The predicted molar refractivity (Wildman–Crippen MR) is 155 cm³/mol. The van der Waals surface area contributed by atoms with Crippen molar-refractivity contribution in [3.63, 3.8) is 0 Å². The predicted octanol–water partition coefficient (Wildman–Crippen LogP) is 4.76. The van der Waals surface area contributed by atoms with E-state index < -0.39 is 28.5 Å². The number of sulfonamides is 1. The van der Waals surface area contributed by atoms with E-state index >= 15 is 0 Å². The van der Waals surface area contributed by atoms with Crippen LogP contribution in [0.15, 0.2) is 89.8 Å². The number of anilines is 1. The molecule has 40 heavy (non-hydrogen) atoms. The molecule has 4 rings (SSSR count). The van der Waals surface area contributed by atoms with E-state index in [9.17, 15) is 18.0 Å². The van der Waals surface area contributed by atoms with Gasteiger partial charge in [0.05, 0.1) is 17.2 Å². The summed E-state index contributed by atoms with van der Waals surface area (Å²) >= 11 is 0. The van der Waals surface area contributed by atoms with E-state index in [1.807, 2.05) is 37.3 Å². The highest BCUT2D eigenvalue weighted by atomic mass is 32.2. The van der Waals surface area contributed by atoms with Gasteiger partial charge in [0.25, 0.3) is 10.0 Å².